The molecule has 3 N–H and O–H groups in total. The lowest BCUT2D eigenvalue weighted by atomic mass is 10.1. The molecule has 0 unspecified atom stereocenters. The van der Waals surface area contributed by atoms with Crippen LogP contribution >= 0.6 is 0 Å². The quantitative estimate of drug-likeness (QED) is 0.581. The van der Waals surface area contributed by atoms with Gasteiger partial charge in [0.15, 0.2) is 0 Å². The summed E-state index contributed by atoms with van der Waals surface area (Å²) in [6, 6.07) is 7.32. The second-order valence-electron chi connectivity index (χ2n) is 7.49. The van der Waals surface area contributed by atoms with Gasteiger partial charge in [0, 0.05) is 19.6 Å². The summed E-state index contributed by atoms with van der Waals surface area (Å²) in [6.07, 6.45) is 0.163. The first-order valence-electron chi connectivity index (χ1n) is 10.1. The molecular formula is C21H30N4O5. The molecule has 0 bridgehead atoms. The molecule has 9 heteroatoms. The monoisotopic (exact) mass is 418 g/mol. The molecule has 1 heterocycles. The fourth-order valence-corrected chi connectivity index (χ4v) is 3.28. The zero-order chi connectivity index (χ0) is 22.1. The molecular weight excluding hydrogens is 388 g/mol. The van der Waals surface area contributed by atoms with Crippen LogP contribution in [0, 0.1) is 0 Å². The molecule has 1 fully saturated rings. The predicted molar refractivity (Wildman–Crippen MR) is 110 cm³/mol. The van der Waals surface area contributed by atoms with E-state index in [1.54, 1.807) is 0 Å². The number of hydrogen-bond acceptors (Lipinski definition) is 5. The Bertz CT molecular complexity index is 753. The summed E-state index contributed by atoms with van der Waals surface area (Å²) in [6.45, 7) is 4.12. The van der Waals surface area contributed by atoms with Gasteiger partial charge < -0.3 is 25.6 Å². The van der Waals surface area contributed by atoms with E-state index in [4.69, 9.17) is 4.74 Å². The van der Waals surface area contributed by atoms with Crippen LogP contribution in [0.15, 0.2) is 30.3 Å². The largest absolute Gasteiger partial charge is 0.445 e. The van der Waals surface area contributed by atoms with E-state index in [0.717, 1.165) is 5.56 Å². The number of nitrogens with one attached hydrogen (secondary N) is 3. The number of rotatable bonds is 8. The van der Waals surface area contributed by atoms with E-state index in [1.807, 2.05) is 44.2 Å². The van der Waals surface area contributed by atoms with Crippen molar-refractivity contribution in [2.75, 3.05) is 13.6 Å². The zero-order valence-electron chi connectivity index (χ0n) is 17.6. The third-order valence-electron chi connectivity index (χ3n) is 4.74. The number of alkyl carbamates (subject to hydrolysis) is 1. The Morgan fingerprint density at radius 1 is 1.13 bits per heavy atom. The maximum absolute atomic E-state index is 13.1. The molecule has 164 valence electrons. The number of nitrogens with zero attached hydrogens (tertiary/aromatic N) is 1. The highest BCUT2D eigenvalue weighted by molar-refractivity contribution is 5.94. The van der Waals surface area contributed by atoms with Gasteiger partial charge >= 0.3 is 6.09 Å². The van der Waals surface area contributed by atoms with Crippen LogP contribution in [0.5, 0.6) is 0 Å². The van der Waals surface area contributed by atoms with E-state index in [-0.39, 0.29) is 25.0 Å². The van der Waals surface area contributed by atoms with Crippen molar-refractivity contribution in [3.63, 3.8) is 0 Å². The van der Waals surface area contributed by atoms with Crippen molar-refractivity contribution in [1.29, 1.82) is 0 Å². The van der Waals surface area contributed by atoms with Crippen molar-refractivity contribution in [2.24, 2.45) is 0 Å². The third-order valence-corrected chi connectivity index (χ3v) is 4.74. The van der Waals surface area contributed by atoms with Crippen LogP contribution in [0.25, 0.3) is 0 Å². The Balaban J connectivity index is 2.05. The van der Waals surface area contributed by atoms with Gasteiger partial charge in [0.1, 0.15) is 18.7 Å². The van der Waals surface area contributed by atoms with E-state index in [1.165, 1.54) is 11.9 Å². The molecule has 30 heavy (non-hydrogen) atoms. The number of amides is 4. The van der Waals surface area contributed by atoms with Crippen LogP contribution in [-0.2, 0) is 25.7 Å². The Hall–Kier alpha value is -3.10. The minimum Gasteiger partial charge on any atom is -0.445 e. The molecule has 2 rings (SSSR count). The van der Waals surface area contributed by atoms with Gasteiger partial charge in [-0.2, -0.15) is 0 Å². The average molecular weight is 418 g/mol. The van der Waals surface area contributed by atoms with E-state index in [0.29, 0.717) is 19.4 Å². The second kappa shape index (κ2) is 11.2. The normalized spacial score (nSPS) is 16.7. The van der Waals surface area contributed by atoms with Crippen molar-refractivity contribution in [1.82, 2.24) is 20.9 Å². The van der Waals surface area contributed by atoms with Gasteiger partial charge in [-0.15, -0.1) is 0 Å². The first-order valence-corrected chi connectivity index (χ1v) is 10.1. The van der Waals surface area contributed by atoms with Gasteiger partial charge in [-0.05, 0) is 32.3 Å². The van der Waals surface area contributed by atoms with Gasteiger partial charge in [-0.1, -0.05) is 30.3 Å². The number of hydrogen-bond donors (Lipinski definition) is 3. The molecule has 1 aliphatic heterocycles. The number of likely N-dealkylation sites (tertiary alicyclic amines) is 1. The maximum Gasteiger partial charge on any atom is 0.408 e. The molecule has 4 amide bonds. The molecule has 0 saturated carbocycles. The number of carbonyl (C=O) groups excluding carboxylic acids is 4. The van der Waals surface area contributed by atoms with Crippen molar-refractivity contribution >= 4 is 23.8 Å². The fourth-order valence-electron chi connectivity index (χ4n) is 3.28. The van der Waals surface area contributed by atoms with Gasteiger partial charge in [0.05, 0.1) is 6.42 Å². The third kappa shape index (κ3) is 6.75. The minimum atomic E-state index is -1.12. The molecule has 1 aliphatic rings. The number of carbonyl (C=O) groups is 4. The molecule has 9 nitrogen and oxygen atoms in total. The molecule has 2 atom stereocenters. The summed E-state index contributed by atoms with van der Waals surface area (Å²) in [5, 5.41) is 7.75. The van der Waals surface area contributed by atoms with Crippen LogP contribution in [0.4, 0.5) is 4.79 Å². The van der Waals surface area contributed by atoms with Gasteiger partial charge in [0.25, 0.3) is 0 Å². The van der Waals surface area contributed by atoms with Gasteiger partial charge in [-0.25, -0.2) is 4.79 Å². The van der Waals surface area contributed by atoms with Crippen LogP contribution < -0.4 is 16.0 Å². The van der Waals surface area contributed by atoms with E-state index < -0.39 is 30.0 Å². The number of ether oxygens (including phenoxy) is 1. The van der Waals surface area contributed by atoms with Crippen LogP contribution in [0.2, 0.25) is 0 Å². The van der Waals surface area contributed by atoms with Crippen molar-refractivity contribution in [3.05, 3.63) is 35.9 Å². The van der Waals surface area contributed by atoms with E-state index in [2.05, 4.69) is 16.0 Å². The summed E-state index contributed by atoms with van der Waals surface area (Å²) >= 11 is 0. The maximum atomic E-state index is 13.1. The molecule has 1 aromatic carbocycles. The lowest BCUT2D eigenvalue weighted by molar-refractivity contribution is -0.141. The lowest BCUT2D eigenvalue weighted by Crippen LogP contribution is -2.55. The molecule has 0 spiro atoms. The number of benzene rings is 1. The molecule has 0 aliphatic carbocycles. The summed E-state index contributed by atoms with van der Waals surface area (Å²) in [5.74, 6) is -1.11. The van der Waals surface area contributed by atoms with Crippen LogP contribution in [0.3, 0.4) is 0 Å². The second-order valence-corrected chi connectivity index (χ2v) is 7.49. The average Bonchev–Trinajstić information content (AvgIpc) is 3.21. The SMILES string of the molecule is CNC(=O)C[C@H](NC(=O)OCc1ccccc1)C(=O)N1CCC[C@H]1C(=O)NC(C)C. The highest BCUT2D eigenvalue weighted by Crippen LogP contribution is 2.19. The Kier molecular flexibility index (Phi) is 8.64. The van der Waals surface area contributed by atoms with E-state index in [9.17, 15) is 19.2 Å². The zero-order valence-corrected chi connectivity index (χ0v) is 17.6. The Morgan fingerprint density at radius 2 is 1.83 bits per heavy atom. The van der Waals surface area contributed by atoms with Crippen LogP contribution in [0.1, 0.15) is 38.7 Å². The summed E-state index contributed by atoms with van der Waals surface area (Å²) in [7, 11) is 1.45. The highest BCUT2D eigenvalue weighted by Gasteiger charge is 2.38. The summed E-state index contributed by atoms with van der Waals surface area (Å²) < 4.78 is 5.18. The lowest BCUT2D eigenvalue weighted by Gasteiger charge is -2.28. The van der Waals surface area contributed by atoms with E-state index >= 15 is 0 Å². The predicted octanol–water partition coefficient (Wildman–Crippen LogP) is 0.933. The van der Waals surface area contributed by atoms with Gasteiger partial charge in [0.2, 0.25) is 17.7 Å². The molecule has 1 aromatic rings. The topological polar surface area (TPSA) is 117 Å². The van der Waals surface area contributed by atoms with Crippen molar-refractivity contribution < 1.29 is 23.9 Å². The van der Waals surface area contributed by atoms with Crippen molar-refractivity contribution in [3.8, 4) is 0 Å². The standard InChI is InChI=1S/C21H30N4O5/c1-14(2)23-19(27)17-10-7-11-25(17)20(28)16(12-18(26)22-3)24-21(29)30-13-15-8-5-4-6-9-15/h4-6,8-9,14,16-17H,7,10-13H2,1-3H3,(H,22,26)(H,23,27)(H,24,29)/t16-,17-/m0/s1. The van der Waals surface area contributed by atoms with Crippen molar-refractivity contribution in [2.45, 2.75) is 57.8 Å². The molecule has 0 radical (unpaired) electrons. The highest BCUT2D eigenvalue weighted by atomic mass is 16.5. The van der Waals surface area contributed by atoms with Gasteiger partial charge in [-0.3, -0.25) is 14.4 Å². The first kappa shape index (κ1) is 23.2. The smallest absolute Gasteiger partial charge is 0.408 e. The minimum absolute atomic E-state index is 0.0384. The molecule has 0 aromatic heterocycles. The molecule has 1 saturated heterocycles. The Labute approximate surface area is 176 Å². The Morgan fingerprint density at radius 3 is 2.47 bits per heavy atom. The fraction of sp³-hybridized carbons (Fsp3) is 0.524. The summed E-state index contributed by atoms with van der Waals surface area (Å²) in [4.78, 5) is 51.2. The first-order chi connectivity index (χ1) is 14.3. The van der Waals surface area contributed by atoms with Crippen LogP contribution in [-0.4, -0.2) is 60.4 Å². The summed E-state index contributed by atoms with van der Waals surface area (Å²) in [5.41, 5.74) is 0.798.